The van der Waals surface area contributed by atoms with Gasteiger partial charge >= 0.3 is 12.0 Å². The van der Waals surface area contributed by atoms with Crippen molar-refractivity contribution in [2.75, 3.05) is 12.0 Å². The second kappa shape index (κ2) is 9.80. The van der Waals surface area contributed by atoms with Crippen LogP contribution in [0.4, 0.5) is 10.5 Å². The third-order valence-corrected chi connectivity index (χ3v) is 9.05. The first-order valence-electron chi connectivity index (χ1n) is 13.8. The zero-order valence-corrected chi connectivity index (χ0v) is 22.5. The van der Waals surface area contributed by atoms with Gasteiger partial charge in [0.2, 0.25) is 0 Å². The van der Waals surface area contributed by atoms with Crippen LogP contribution in [0, 0.1) is 17.8 Å². The van der Waals surface area contributed by atoms with Crippen LogP contribution in [0.3, 0.4) is 0 Å². The van der Waals surface area contributed by atoms with E-state index >= 15 is 0 Å². The number of amides is 4. The molecular weight excluding hydrogens is 512 g/mol. The van der Waals surface area contributed by atoms with E-state index in [2.05, 4.69) is 5.32 Å². The smallest absolute Gasteiger partial charge is 0.344 e. The largest absolute Gasteiger partial charge is 0.493 e. The predicted octanol–water partition coefficient (Wildman–Crippen LogP) is 4.68. The molecule has 9 nitrogen and oxygen atoms in total. The number of hydrogen-bond acceptors (Lipinski definition) is 6. The number of carbonyl (C=O) groups excluding carboxylic acids is 3. The van der Waals surface area contributed by atoms with Crippen molar-refractivity contribution in [3.63, 3.8) is 0 Å². The molecule has 0 spiro atoms. The number of aliphatic carboxylic acids is 1. The van der Waals surface area contributed by atoms with E-state index in [-0.39, 0.29) is 28.1 Å². The molecule has 5 fully saturated rings. The Morgan fingerprint density at radius 3 is 2.23 bits per heavy atom. The predicted molar refractivity (Wildman–Crippen MR) is 146 cm³/mol. The Bertz CT molecular complexity index is 1390. The zero-order valence-electron chi connectivity index (χ0n) is 22.5. The maximum absolute atomic E-state index is 13.6. The van der Waals surface area contributed by atoms with Crippen LogP contribution in [0.1, 0.15) is 56.6 Å². The first-order chi connectivity index (χ1) is 19.2. The molecule has 1 aliphatic heterocycles. The van der Waals surface area contributed by atoms with Crippen molar-refractivity contribution in [1.29, 1.82) is 0 Å². The minimum Gasteiger partial charge on any atom is -0.493 e. The van der Waals surface area contributed by atoms with Gasteiger partial charge in [0.1, 0.15) is 5.57 Å². The highest BCUT2D eigenvalue weighted by atomic mass is 16.5. The molecule has 1 atom stereocenters. The monoisotopic (exact) mass is 544 g/mol. The van der Waals surface area contributed by atoms with Crippen molar-refractivity contribution in [3.05, 3.63) is 59.2 Å². The molecular formula is C31H32N2O7. The molecule has 4 amide bonds. The molecule has 4 aliphatic carbocycles. The van der Waals surface area contributed by atoms with E-state index in [1.165, 1.54) is 64.2 Å². The summed E-state index contributed by atoms with van der Waals surface area (Å²) in [6.45, 7) is 1.36. The van der Waals surface area contributed by atoms with Crippen LogP contribution in [-0.2, 0) is 19.8 Å². The molecule has 9 heteroatoms. The average Bonchev–Trinajstić information content (AvgIpc) is 2.91. The third kappa shape index (κ3) is 4.43. The molecule has 4 bridgehead atoms. The van der Waals surface area contributed by atoms with E-state index in [1.807, 2.05) is 12.1 Å². The fourth-order valence-corrected chi connectivity index (χ4v) is 7.64. The summed E-state index contributed by atoms with van der Waals surface area (Å²) in [5.41, 5.74) is 1.79. The Hall–Kier alpha value is -4.14. The van der Waals surface area contributed by atoms with Gasteiger partial charge in [0.15, 0.2) is 17.6 Å². The van der Waals surface area contributed by atoms with E-state index < -0.39 is 29.9 Å². The molecule has 5 aliphatic rings. The second-order valence-electron chi connectivity index (χ2n) is 11.7. The topological polar surface area (TPSA) is 122 Å². The van der Waals surface area contributed by atoms with Gasteiger partial charge in [0.25, 0.3) is 11.8 Å². The molecule has 4 saturated carbocycles. The lowest BCUT2D eigenvalue weighted by Gasteiger charge is -2.57. The summed E-state index contributed by atoms with van der Waals surface area (Å²) in [5, 5.41) is 11.6. The molecule has 0 radical (unpaired) electrons. The van der Waals surface area contributed by atoms with Gasteiger partial charge in [0.05, 0.1) is 12.8 Å². The van der Waals surface area contributed by atoms with Crippen molar-refractivity contribution in [2.45, 2.75) is 57.0 Å². The molecule has 2 N–H and O–H groups in total. The van der Waals surface area contributed by atoms with E-state index in [0.717, 1.165) is 22.7 Å². The SMILES string of the molecule is COc1cccc(/C=C2\C(=O)NC(=O)N(c3ccc(C45CC6CC(CC(C6)C4)C5)cc3)C2=O)c1O[C@H](C)C(=O)O. The number of carboxylic acids is 1. The normalized spacial score (nSPS) is 28.9. The third-order valence-electron chi connectivity index (χ3n) is 9.05. The van der Waals surface area contributed by atoms with Gasteiger partial charge in [-0.2, -0.15) is 0 Å². The number of methoxy groups -OCH3 is 1. The Labute approximate surface area is 232 Å². The molecule has 1 heterocycles. The van der Waals surface area contributed by atoms with Gasteiger partial charge in [-0.15, -0.1) is 0 Å². The number of ether oxygens (including phenoxy) is 2. The number of barbiturate groups is 1. The summed E-state index contributed by atoms with van der Waals surface area (Å²) in [7, 11) is 1.40. The quantitative estimate of drug-likeness (QED) is 0.383. The number of hydrogen-bond donors (Lipinski definition) is 2. The number of imide groups is 2. The summed E-state index contributed by atoms with van der Waals surface area (Å²) in [5.74, 6) is -0.137. The van der Waals surface area contributed by atoms with Crippen LogP contribution in [0.2, 0.25) is 0 Å². The number of nitrogens with zero attached hydrogens (tertiary/aromatic N) is 1. The standard InChI is InChI=1S/C31H32N2O7/c1-17(29(36)37)40-26-21(4-3-5-25(26)39-2)13-24-27(34)32-30(38)33(28(24)35)23-8-6-22(7-9-23)31-14-18-10-19(15-31)12-20(11-18)16-31/h3-9,13,17-20H,10-12,14-16H2,1-2H3,(H,36,37)(H,32,34,38)/b24-13+/t17-,18?,19?,20?,31?/m1/s1. The van der Waals surface area contributed by atoms with E-state index in [4.69, 9.17) is 9.47 Å². The second-order valence-corrected chi connectivity index (χ2v) is 11.7. The summed E-state index contributed by atoms with van der Waals surface area (Å²) in [4.78, 5) is 51.6. The number of para-hydroxylation sites is 1. The van der Waals surface area contributed by atoms with Gasteiger partial charge in [-0.25, -0.2) is 14.5 Å². The lowest BCUT2D eigenvalue weighted by molar-refractivity contribution is -0.144. The van der Waals surface area contributed by atoms with Crippen molar-refractivity contribution >= 4 is 35.6 Å². The molecule has 1 saturated heterocycles. The van der Waals surface area contributed by atoms with Crippen LogP contribution in [-0.4, -0.2) is 42.1 Å². The van der Waals surface area contributed by atoms with Crippen LogP contribution < -0.4 is 19.7 Å². The highest BCUT2D eigenvalue weighted by molar-refractivity contribution is 6.39. The van der Waals surface area contributed by atoms with Gasteiger partial charge in [-0.05, 0) is 98.5 Å². The van der Waals surface area contributed by atoms with Crippen molar-refractivity contribution in [1.82, 2.24) is 5.32 Å². The van der Waals surface area contributed by atoms with Crippen LogP contribution in [0.25, 0.3) is 6.08 Å². The Morgan fingerprint density at radius 1 is 1.02 bits per heavy atom. The maximum atomic E-state index is 13.6. The fourth-order valence-electron chi connectivity index (χ4n) is 7.64. The first-order valence-corrected chi connectivity index (χ1v) is 13.8. The highest BCUT2D eigenvalue weighted by Gasteiger charge is 2.51. The Morgan fingerprint density at radius 2 is 1.65 bits per heavy atom. The van der Waals surface area contributed by atoms with Crippen LogP contribution in [0.5, 0.6) is 11.5 Å². The summed E-state index contributed by atoms with van der Waals surface area (Å²) in [6, 6.07) is 11.6. The molecule has 0 aromatic heterocycles. The van der Waals surface area contributed by atoms with Gasteiger partial charge in [0, 0.05) is 5.56 Å². The number of carbonyl (C=O) groups is 4. The average molecular weight is 545 g/mol. The number of rotatable bonds is 7. The van der Waals surface area contributed by atoms with E-state index in [1.54, 1.807) is 30.3 Å². The molecule has 7 rings (SSSR count). The molecule has 208 valence electrons. The van der Waals surface area contributed by atoms with Crippen LogP contribution in [0.15, 0.2) is 48.0 Å². The number of anilines is 1. The molecule has 40 heavy (non-hydrogen) atoms. The molecule has 0 unspecified atom stereocenters. The fraction of sp³-hybridized carbons (Fsp3) is 0.419. The lowest BCUT2D eigenvalue weighted by atomic mass is 9.48. The minimum atomic E-state index is -1.21. The summed E-state index contributed by atoms with van der Waals surface area (Å²) in [6.07, 6.45) is 7.72. The number of carboxylic acid groups (broad SMARTS) is 1. The van der Waals surface area contributed by atoms with E-state index in [9.17, 15) is 24.3 Å². The Balaban J connectivity index is 1.30. The first kappa shape index (κ1) is 26.1. The number of benzene rings is 2. The van der Waals surface area contributed by atoms with Gasteiger partial charge in [-0.3, -0.25) is 14.9 Å². The van der Waals surface area contributed by atoms with E-state index in [0.29, 0.717) is 5.69 Å². The zero-order chi connectivity index (χ0) is 28.2. The summed E-state index contributed by atoms with van der Waals surface area (Å²) < 4.78 is 10.9. The van der Waals surface area contributed by atoms with Crippen molar-refractivity contribution in [2.24, 2.45) is 17.8 Å². The van der Waals surface area contributed by atoms with Crippen LogP contribution >= 0.6 is 0 Å². The lowest BCUT2D eigenvalue weighted by Crippen LogP contribution is -2.54. The number of nitrogens with one attached hydrogen (secondary N) is 1. The van der Waals surface area contributed by atoms with Gasteiger partial charge in [-0.1, -0.05) is 24.3 Å². The Kier molecular flexibility index (Phi) is 6.40. The highest BCUT2D eigenvalue weighted by Crippen LogP contribution is 2.60. The van der Waals surface area contributed by atoms with Crippen molar-refractivity contribution in [3.8, 4) is 11.5 Å². The molecule has 2 aromatic carbocycles. The number of urea groups is 1. The van der Waals surface area contributed by atoms with Gasteiger partial charge < -0.3 is 14.6 Å². The van der Waals surface area contributed by atoms with Crippen molar-refractivity contribution < 1.29 is 33.8 Å². The minimum absolute atomic E-state index is 0.0661. The summed E-state index contributed by atoms with van der Waals surface area (Å²) >= 11 is 0. The maximum Gasteiger partial charge on any atom is 0.344 e. The molecule has 2 aromatic rings.